The molecule has 0 bridgehead atoms. The summed E-state index contributed by atoms with van der Waals surface area (Å²) in [5.41, 5.74) is 0.379. The Kier molecular flexibility index (Phi) is 5.81. The lowest BCUT2D eigenvalue weighted by Crippen LogP contribution is -2.55. The van der Waals surface area contributed by atoms with Gasteiger partial charge in [-0.3, -0.25) is 0 Å². The third kappa shape index (κ3) is 3.87. The Hall–Kier alpha value is 0.270. The van der Waals surface area contributed by atoms with E-state index in [0.29, 0.717) is 16.2 Å². The Morgan fingerprint density at radius 3 is 2.47 bits per heavy atom. The molecule has 0 saturated carbocycles. The normalized spacial score (nSPS) is 24.9. The standard InChI is InChI=1S/C14H30N2S/c1-6-14(7-2,17-5)11-16-12-8-9-15-10-13(12,3)4/h12,15-16H,6-11H2,1-5H3. The molecular weight excluding hydrogens is 228 g/mol. The van der Waals surface area contributed by atoms with E-state index in [2.05, 4.69) is 44.6 Å². The maximum Gasteiger partial charge on any atom is 0.0276 e. The summed E-state index contributed by atoms with van der Waals surface area (Å²) in [5, 5.41) is 7.34. The van der Waals surface area contributed by atoms with Crippen molar-refractivity contribution in [2.45, 2.75) is 57.7 Å². The summed E-state index contributed by atoms with van der Waals surface area (Å²) in [6.07, 6.45) is 6.01. The molecule has 0 spiro atoms. The molecule has 1 fully saturated rings. The first-order valence-electron chi connectivity index (χ1n) is 6.99. The second-order valence-corrected chi connectivity index (χ2v) is 7.26. The Balaban J connectivity index is 2.53. The Bertz CT molecular complexity index is 216. The molecule has 2 N–H and O–H groups in total. The van der Waals surface area contributed by atoms with Crippen molar-refractivity contribution in [2.75, 3.05) is 25.9 Å². The molecule has 0 aromatic heterocycles. The van der Waals surface area contributed by atoms with Crippen LogP contribution in [-0.2, 0) is 0 Å². The maximum absolute atomic E-state index is 3.84. The molecule has 1 atom stereocenters. The van der Waals surface area contributed by atoms with Crippen LogP contribution >= 0.6 is 11.8 Å². The summed E-state index contributed by atoms with van der Waals surface area (Å²) in [6, 6.07) is 0.661. The lowest BCUT2D eigenvalue weighted by Gasteiger charge is -2.42. The van der Waals surface area contributed by atoms with Crippen LogP contribution in [0.5, 0.6) is 0 Å². The van der Waals surface area contributed by atoms with Crippen molar-refractivity contribution in [3.8, 4) is 0 Å². The van der Waals surface area contributed by atoms with Gasteiger partial charge in [0.05, 0.1) is 0 Å². The summed E-state index contributed by atoms with van der Waals surface area (Å²) in [4.78, 5) is 0. The average Bonchev–Trinajstić information content (AvgIpc) is 2.33. The van der Waals surface area contributed by atoms with Gasteiger partial charge in [0.15, 0.2) is 0 Å². The largest absolute Gasteiger partial charge is 0.316 e. The fourth-order valence-corrected chi connectivity index (χ4v) is 3.52. The lowest BCUT2D eigenvalue weighted by molar-refractivity contribution is 0.181. The number of hydrogen-bond donors (Lipinski definition) is 2. The van der Waals surface area contributed by atoms with Crippen LogP contribution in [0.25, 0.3) is 0 Å². The van der Waals surface area contributed by atoms with E-state index in [-0.39, 0.29) is 0 Å². The van der Waals surface area contributed by atoms with Gasteiger partial charge in [0.25, 0.3) is 0 Å². The minimum Gasteiger partial charge on any atom is -0.316 e. The predicted molar refractivity (Wildman–Crippen MR) is 79.9 cm³/mol. The monoisotopic (exact) mass is 258 g/mol. The smallest absolute Gasteiger partial charge is 0.0276 e. The van der Waals surface area contributed by atoms with E-state index in [1.165, 1.54) is 19.3 Å². The molecular formula is C14H30N2S. The van der Waals surface area contributed by atoms with Gasteiger partial charge < -0.3 is 10.6 Å². The van der Waals surface area contributed by atoms with Crippen LogP contribution in [0.2, 0.25) is 0 Å². The highest BCUT2D eigenvalue weighted by atomic mass is 32.2. The molecule has 17 heavy (non-hydrogen) atoms. The quantitative estimate of drug-likeness (QED) is 0.766. The fraction of sp³-hybridized carbons (Fsp3) is 1.00. The minimum atomic E-state index is 0.379. The molecule has 1 unspecified atom stereocenters. The van der Waals surface area contributed by atoms with Crippen molar-refractivity contribution in [2.24, 2.45) is 5.41 Å². The van der Waals surface area contributed by atoms with E-state index in [4.69, 9.17) is 0 Å². The first-order valence-corrected chi connectivity index (χ1v) is 8.21. The molecule has 0 aromatic rings. The second-order valence-electron chi connectivity index (χ2n) is 5.98. The maximum atomic E-state index is 3.84. The zero-order chi connectivity index (χ0) is 12.9. The van der Waals surface area contributed by atoms with Crippen LogP contribution in [0.15, 0.2) is 0 Å². The molecule has 0 aromatic carbocycles. The molecule has 1 rings (SSSR count). The Morgan fingerprint density at radius 1 is 1.35 bits per heavy atom. The van der Waals surface area contributed by atoms with Gasteiger partial charge in [-0.2, -0.15) is 11.8 Å². The number of piperidine rings is 1. The van der Waals surface area contributed by atoms with Crippen LogP contribution in [0.4, 0.5) is 0 Å². The SMILES string of the molecule is CCC(CC)(CNC1CCNCC1(C)C)SC. The van der Waals surface area contributed by atoms with E-state index in [1.54, 1.807) is 0 Å². The average molecular weight is 258 g/mol. The highest BCUT2D eigenvalue weighted by Crippen LogP contribution is 2.31. The molecule has 2 nitrogen and oxygen atoms in total. The van der Waals surface area contributed by atoms with E-state index >= 15 is 0 Å². The fourth-order valence-electron chi connectivity index (χ4n) is 2.72. The van der Waals surface area contributed by atoms with Gasteiger partial charge in [0.2, 0.25) is 0 Å². The third-order valence-corrected chi connectivity index (χ3v) is 6.11. The van der Waals surface area contributed by atoms with Crippen molar-refractivity contribution in [3.05, 3.63) is 0 Å². The zero-order valence-electron chi connectivity index (χ0n) is 12.2. The van der Waals surface area contributed by atoms with Gasteiger partial charge in [-0.05, 0) is 37.5 Å². The number of thioether (sulfide) groups is 1. The van der Waals surface area contributed by atoms with Gasteiger partial charge in [-0.25, -0.2) is 0 Å². The molecule has 0 amide bonds. The summed E-state index contributed by atoms with van der Waals surface area (Å²) < 4.78 is 0.432. The van der Waals surface area contributed by atoms with Crippen LogP contribution in [-0.4, -0.2) is 36.7 Å². The van der Waals surface area contributed by atoms with Crippen molar-refractivity contribution < 1.29 is 0 Å². The predicted octanol–water partition coefficient (Wildman–Crippen LogP) is 2.89. The molecule has 0 radical (unpaired) electrons. The van der Waals surface area contributed by atoms with Crippen molar-refractivity contribution >= 4 is 11.8 Å². The van der Waals surface area contributed by atoms with Crippen LogP contribution in [0.3, 0.4) is 0 Å². The van der Waals surface area contributed by atoms with Gasteiger partial charge in [-0.15, -0.1) is 0 Å². The highest BCUT2D eigenvalue weighted by Gasteiger charge is 2.34. The first-order chi connectivity index (χ1) is 7.99. The van der Waals surface area contributed by atoms with Gasteiger partial charge >= 0.3 is 0 Å². The third-order valence-electron chi connectivity index (χ3n) is 4.53. The Morgan fingerprint density at radius 2 is 2.00 bits per heavy atom. The van der Waals surface area contributed by atoms with E-state index in [1.807, 2.05) is 11.8 Å². The minimum absolute atomic E-state index is 0.379. The molecule has 1 aliphatic rings. The summed E-state index contributed by atoms with van der Waals surface area (Å²) >= 11 is 2.03. The van der Waals surface area contributed by atoms with E-state index < -0.39 is 0 Å². The molecule has 102 valence electrons. The molecule has 0 aliphatic carbocycles. The lowest BCUT2D eigenvalue weighted by atomic mass is 9.79. The molecule has 1 heterocycles. The van der Waals surface area contributed by atoms with Crippen molar-refractivity contribution in [1.29, 1.82) is 0 Å². The number of hydrogen-bond acceptors (Lipinski definition) is 3. The van der Waals surface area contributed by atoms with Crippen LogP contribution in [0, 0.1) is 5.41 Å². The molecule has 1 aliphatic heterocycles. The molecule has 3 heteroatoms. The van der Waals surface area contributed by atoms with Gasteiger partial charge in [0, 0.05) is 23.9 Å². The zero-order valence-corrected chi connectivity index (χ0v) is 13.0. The Labute approximate surface area is 112 Å². The van der Waals surface area contributed by atoms with Crippen molar-refractivity contribution in [3.63, 3.8) is 0 Å². The van der Waals surface area contributed by atoms with Crippen LogP contribution in [0.1, 0.15) is 47.0 Å². The first kappa shape index (κ1) is 15.3. The van der Waals surface area contributed by atoms with E-state index in [0.717, 1.165) is 19.6 Å². The van der Waals surface area contributed by atoms with Gasteiger partial charge in [-0.1, -0.05) is 27.7 Å². The number of nitrogens with one attached hydrogen (secondary N) is 2. The van der Waals surface area contributed by atoms with E-state index in [9.17, 15) is 0 Å². The van der Waals surface area contributed by atoms with Crippen LogP contribution < -0.4 is 10.6 Å². The second kappa shape index (κ2) is 6.44. The molecule has 1 saturated heterocycles. The summed E-state index contributed by atoms with van der Waals surface area (Å²) in [5.74, 6) is 0. The number of rotatable bonds is 6. The topological polar surface area (TPSA) is 24.1 Å². The highest BCUT2D eigenvalue weighted by molar-refractivity contribution is 8.00. The van der Waals surface area contributed by atoms with Crippen molar-refractivity contribution in [1.82, 2.24) is 10.6 Å². The van der Waals surface area contributed by atoms with Gasteiger partial charge in [0.1, 0.15) is 0 Å². The summed E-state index contributed by atoms with van der Waals surface area (Å²) in [7, 11) is 0. The summed E-state index contributed by atoms with van der Waals surface area (Å²) in [6.45, 7) is 12.8.